The molecule has 0 amide bonds. The van der Waals surface area contributed by atoms with Gasteiger partial charge in [0.2, 0.25) is 0 Å². The van der Waals surface area contributed by atoms with E-state index < -0.39 is 0 Å². The summed E-state index contributed by atoms with van der Waals surface area (Å²) in [6, 6.07) is 12.2. The van der Waals surface area contributed by atoms with Crippen LogP contribution in [0.4, 0.5) is 0 Å². The summed E-state index contributed by atoms with van der Waals surface area (Å²) in [5, 5.41) is 2.32. The minimum atomic E-state index is -0.0336. The minimum Gasteiger partial charge on any atom is -0.486 e. The van der Waals surface area contributed by atoms with E-state index >= 15 is 0 Å². The molecule has 1 aliphatic rings. The number of rotatable bonds is 1. The lowest BCUT2D eigenvalue weighted by molar-refractivity contribution is 0.0972. The first-order valence-corrected chi connectivity index (χ1v) is 5.39. The Kier molecular flexibility index (Phi) is 2.18. The molecule has 0 bridgehead atoms. The van der Waals surface area contributed by atoms with Gasteiger partial charge in [-0.3, -0.25) is 0 Å². The molecule has 3 rings (SSSR count). The molecular weight excluding hydrogens is 202 g/mol. The van der Waals surface area contributed by atoms with E-state index in [0.29, 0.717) is 13.2 Å². The van der Waals surface area contributed by atoms with Crippen LogP contribution >= 0.6 is 0 Å². The van der Waals surface area contributed by atoms with E-state index in [1.807, 2.05) is 24.3 Å². The zero-order valence-corrected chi connectivity index (χ0v) is 8.85. The highest BCUT2D eigenvalue weighted by molar-refractivity contribution is 5.86. The SMILES string of the molecule is NC[C@@H]1COc2cc3ccccc3cc2O1. The molecule has 0 saturated heterocycles. The van der Waals surface area contributed by atoms with Crippen LogP contribution in [-0.4, -0.2) is 19.3 Å². The Morgan fingerprint density at radius 1 is 1.12 bits per heavy atom. The highest BCUT2D eigenvalue weighted by Gasteiger charge is 2.19. The average Bonchev–Trinajstić information content (AvgIpc) is 2.35. The maximum atomic E-state index is 5.74. The molecule has 1 atom stereocenters. The molecule has 2 aromatic carbocycles. The summed E-state index contributed by atoms with van der Waals surface area (Å²) in [5.74, 6) is 1.60. The fraction of sp³-hybridized carbons (Fsp3) is 0.231. The molecule has 1 aliphatic heterocycles. The summed E-state index contributed by atoms with van der Waals surface area (Å²) in [6.45, 7) is 1.01. The molecule has 1 heterocycles. The quantitative estimate of drug-likeness (QED) is 0.790. The Labute approximate surface area is 93.8 Å². The van der Waals surface area contributed by atoms with Crippen molar-refractivity contribution in [2.75, 3.05) is 13.2 Å². The Balaban J connectivity index is 2.10. The van der Waals surface area contributed by atoms with Gasteiger partial charge in [-0.05, 0) is 22.9 Å². The molecule has 0 fully saturated rings. The third-order valence-corrected chi connectivity index (χ3v) is 2.79. The van der Waals surface area contributed by atoms with Gasteiger partial charge in [-0.2, -0.15) is 0 Å². The summed E-state index contributed by atoms with van der Waals surface area (Å²) in [7, 11) is 0. The van der Waals surface area contributed by atoms with Crippen LogP contribution in [-0.2, 0) is 0 Å². The first-order valence-electron chi connectivity index (χ1n) is 5.39. The van der Waals surface area contributed by atoms with Gasteiger partial charge < -0.3 is 15.2 Å². The van der Waals surface area contributed by atoms with Gasteiger partial charge in [0.05, 0.1) is 0 Å². The van der Waals surface area contributed by atoms with Crippen molar-refractivity contribution in [3.05, 3.63) is 36.4 Å². The zero-order chi connectivity index (χ0) is 11.0. The third kappa shape index (κ3) is 1.49. The maximum absolute atomic E-state index is 5.74. The van der Waals surface area contributed by atoms with Crippen LogP contribution < -0.4 is 15.2 Å². The lowest BCUT2D eigenvalue weighted by atomic mass is 10.1. The van der Waals surface area contributed by atoms with E-state index in [1.165, 1.54) is 0 Å². The molecule has 82 valence electrons. The maximum Gasteiger partial charge on any atom is 0.162 e. The lowest BCUT2D eigenvalue weighted by Crippen LogP contribution is -2.35. The molecule has 2 N–H and O–H groups in total. The number of ether oxygens (including phenoxy) is 2. The van der Waals surface area contributed by atoms with Gasteiger partial charge >= 0.3 is 0 Å². The monoisotopic (exact) mass is 215 g/mol. The molecule has 16 heavy (non-hydrogen) atoms. The third-order valence-electron chi connectivity index (χ3n) is 2.79. The Hall–Kier alpha value is -1.74. The Morgan fingerprint density at radius 2 is 1.81 bits per heavy atom. The van der Waals surface area contributed by atoms with E-state index in [2.05, 4.69) is 12.1 Å². The number of benzene rings is 2. The minimum absolute atomic E-state index is 0.0336. The molecule has 3 heteroatoms. The van der Waals surface area contributed by atoms with E-state index in [4.69, 9.17) is 15.2 Å². The smallest absolute Gasteiger partial charge is 0.162 e. The van der Waals surface area contributed by atoms with Gasteiger partial charge in [0.15, 0.2) is 11.5 Å². The predicted octanol–water partition coefficient (Wildman–Crippen LogP) is 1.94. The summed E-state index contributed by atoms with van der Waals surface area (Å²) in [6.07, 6.45) is -0.0336. The molecule has 0 aromatic heterocycles. The molecule has 0 saturated carbocycles. The summed E-state index contributed by atoms with van der Waals surface area (Å²) >= 11 is 0. The van der Waals surface area contributed by atoms with Gasteiger partial charge in [0.1, 0.15) is 12.7 Å². The average molecular weight is 215 g/mol. The number of hydrogen-bond donors (Lipinski definition) is 1. The van der Waals surface area contributed by atoms with Crippen molar-refractivity contribution in [2.45, 2.75) is 6.10 Å². The molecular formula is C13H13NO2. The summed E-state index contributed by atoms with van der Waals surface area (Å²) in [4.78, 5) is 0. The standard InChI is InChI=1S/C13H13NO2/c14-7-11-8-15-12-5-9-3-1-2-4-10(9)6-13(12)16-11/h1-6,11H,7-8,14H2/t11-/m1/s1. The number of hydrogen-bond acceptors (Lipinski definition) is 3. The van der Waals surface area contributed by atoms with Gasteiger partial charge in [-0.15, -0.1) is 0 Å². The highest BCUT2D eigenvalue weighted by Crippen LogP contribution is 2.35. The number of fused-ring (bicyclic) bond motifs is 2. The van der Waals surface area contributed by atoms with Gasteiger partial charge in [-0.25, -0.2) is 0 Å². The van der Waals surface area contributed by atoms with Crippen molar-refractivity contribution >= 4 is 10.8 Å². The molecule has 2 aromatic rings. The first kappa shape index (κ1) is 9.48. The van der Waals surface area contributed by atoms with Gasteiger partial charge in [0, 0.05) is 6.54 Å². The van der Waals surface area contributed by atoms with Crippen LogP contribution in [0.3, 0.4) is 0 Å². The van der Waals surface area contributed by atoms with Crippen molar-refractivity contribution < 1.29 is 9.47 Å². The van der Waals surface area contributed by atoms with Crippen molar-refractivity contribution in [3.63, 3.8) is 0 Å². The molecule has 3 nitrogen and oxygen atoms in total. The van der Waals surface area contributed by atoms with Crippen molar-refractivity contribution in [2.24, 2.45) is 5.73 Å². The van der Waals surface area contributed by atoms with E-state index in [1.54, 1.807) is 0 Å². The predicted molar refractivity (Wildman–Crippen MR) is 62.9 cm³/mol. The first-order chi connectivity index (χ1) is 7.86. The van der Waals surface area contributed by atoms with Crippen LogP contribution in [0.15, 0.2) is 36.4 Å². The zero-order valence-electron chi connectivity index (χ0n) is 8.85. The normalized spacial score (nSPS) is 18.7. The van der Waals surface area contributed by atoms with Crippen LogP contribution in [0, 0.1) is 0 Å². The van der Waals surface area contributed by atoms with Gasteiger partial charge in [-0.1, -0.05) is 24.3 Å². The molecule has 0 spiro atoms. The highest BCUT2D eigenvalue weighted by atomic mass is 16.6. The summed E-state index contributed by atoms with van der Waals surface area (Å²) < 4.78 is 11.4. The van der Waals surface area contributed by atoms with E-state index in [0.717, 1.165) is 22.3 Å². The van der Waals surface area contributed by atoms with Crippen LogP contribution in [0.25, 0.3) is 10.8 Å². The second kappa shape index (κ2) is 3.68. The van der Waals surface area contributed by atoms with E-state index in [-0.39, 0.29) is 6.10 Å². The second-order valence-corrected chi connectivity index (χ2v) is 3.93. The van der Waals surface area contributed by atoms with Crippen LogP contribution in [0.5, 0.6) is 11.5 Å². The largest absolute Gasteiger partial charge is 0.486 e. The molecule has 0 radical (unpaired) electrons. The van der Waals surface area contributed by atoms with Crippen molar-refractivity contribution in [3.8, 4) is 11.5 Å². The van der Waals surface area contributed by atoms with Crippen LogP contribution in [0.2, 0.25) is 0 Å². The molecule has 0 aliphatic carbocycles. The number of nitrogens with two attached hydrogens (primary N) is 1. The Morgan fingerprint density at radius 3 is 2.50 bits per heavy atom. The van der Waals surface area contributed by atoms with E-state index in [9.17, 15) is 0 Å². The van der Waals surface area contributed by atoms with Crippen LogP contribution in [0.1, 0.15) is 0 Å². The lowest BCUT2D eigenvalue weighted by Gasteiger charge is -2.25. The topological polar surface area (TPSA) is 44.5 Å². The van der Waals surface area contributed by atoms with Crippen molar-refractivity contribution in [1.82, 2.24) is 0 Å². The second-order valence-electron chi connectivity index (χ2n) is 3.93. The summed E-state index contributed by atoms with van der Waals surface area (Å²) in [5.41, 5.74) is 5.57. The van der Waals surface area contributed by atoms with Crippen molar-refractivity contribution in [1.29, 1.82) is 0 Å². The fourth-order valence-electron chi connectivity index (χ4n) is 1.92. The van der Waals surface area contributed by atoms with Gasteiger partial charge in [0.25, 0.3) is 0 Å². The Bertz CT molecular complexity index is 524. The molecule has 0 unspecified atom stereocenters. The fourth-order valence-corrected chi connectivity index (χ4v) is 1.92.